The molecule has 0 atom stereocenters. The number of hydrogen-bond donors (Lipinski definition) is 1. The summed E-state index contributed by atoms with van der Waals surface area (Å²) in [5, 5.41) is 0.917. The number of nitrogens with two attached hydrogens (primary N) is 1. The minimum atomic E-state index is -0.162. The molecule has 2 aromatic rings. The molecule has 2 aromatic heterocycles. The van der Waals surface area contributed by atoms with E-state index in [0.717, 1.165) is 9.88 Å². The Balaban J connectivity index is 2.32. The van der Waals surface area contributed by atoms with Gasteiger partial charge < -0.3 is 10.3 Å². The lowest BCUT2D eigenvalue weighted by atomic mass is 10.4. The molecule has 4 nitrogen and oxygen atoms in total. The van der Waals surface area contributed by atoms with Crippen LogP contribution in [-0.2, 0) is 6.54 Å². The van der Waals surface area contributed by atoms with E-state index in [2.05, 4.69) is 4.98 Å². The van der Waals surface area contributed by atoms with Crippen LogP contribution in [0.2, 0.25) is 0 Å². The lowest BCUT2D eigenvalue weighted by molar-refractivity contribution is 0.756. The average molecular weight is 221 g/mol. The summed E-state index contributed by atoms with van der Waals surface area (Å²) in [6.07, 6.45) is 3.52. The maximum Gasteiger partial charge on any atom is 0.274 e. The number of hydrogen-bond acceptors (Lipinski definition) is 4. The molecular weight excluding hydrogens is 210 g/mol. The van der Waals surface area contributed by atoms with Gasteiger partial charge in [-0.25, -0.2) is 4.98 Å². The largest absolute Gasteiger partial charge is 0.394 e. The molecule has 15 heavy (non-hydrogen) atoms. The molecule has 2 N–H and O–H groups in total. The molecule has 0 spiro atoms. The first-order valence-electron chi connectivity index (χ1n) is 4.53. The topological polar surface area (TPSA) is 60.9 Å². The molecule has 0 aliphatic carbocycles. The molecule has 0 bridgehead atoms. The van der Waals surface area contributed by atoms with Gasteiger partial charge in [-0.3, -0.25) is 4.79 Å². The second-order valence-corrected chi connectivity index (χ2v) is 4.58. The minimum absolute atomic E-state index is 0.162. The summed E-state index contributed by atoms with van der Waals surface area (Å²) in [6.45, 7) is 2.48. The van der Waals surface area contributed by atoms with Gasteiger partial charge in [0.2, 0.25) is 0 Å². The van der Waals surface area contributed by atoms with Gasteiger partial charge >= 0.3 is 0 Å². The van der Waals surface area contributed by atoms with Crippen molar-refractivity contribution in [1.82, 2.24) is 9.55 Å². The molecule has 0 fully saturated rings. The summed E-state index contributed by atoms with van der Waals surface area (Å²) < 4.78 is 1.56. The third kappa shape index (κ3) is 2.07. The highest BCUT2D eigenvalue weighted by molar-refractivity contribution is 7.11. The molecule has 0 amide bonds. The molecule has 0 unspecified atom stereocenters. The predicted molar refractivity (Wildman–Crippen MR) is 61.1 cm³/mol. The van der Waals surface area contributed by atoms with Crippen molar-refractivity contribution in [2.24, 2.45) is 0 Å². The van der Waals surface area contributed by atoms with E-state index >= 15 is 0 Å². The highest BCUT2D eigenvalue weighted by Gasteiger charge is 2.03. The van der Waals surface area contributed by atoms with Gasteiger partial charge in [-0.1, -0.05) is 0 Å². The van der Waals surface area contributed by atoms with E-state index in [1.807, 2.05) is 6.92 Å². The molecule has 78 valence electrons. The maximum atomic E-state index is 11.6. The molecule has 5 heteroatoms. The molecule has 0 radical (unpaired) electrons. The van der Waals surface area contributed by atoms with E-state index < -0.39 is 0 Å². The van der Waals surface area contributed by atoms with E-state index in [1.54, 1.807) is 40.4 Å². The molecule has 0 aromatic carbocycles. The SMILES string of the molecule is Cc1cnc(Cn2cccc(N)c2=O)s1. The number of pyridine rings is 1. The summed E-state index contributed by atoms with van der Waals surface area (Å²) >= 11 is 1.59. The Morgan fingerprint density at radius 3 is 3.07 bits per heavy atom. The van der Waals surface area contributed by atoms with Crippen molar-refractivity contribution in [2.45, 2.75) is 13.5 Å². The average Bonchev–Trinajstić information content (AvgIpc) is 2.59. The summed E-state index contributed by atoms with van der Waals surface area (Å²) in [7, 11) is 0. The fourth-order valence-electron chi connectivity index (χ4n) is 1.30. The van der Waals surface area contributed by atoms with Gasteiger partial charge in [0.05, 0.1) is 12.2 Å². The van der Waals surface area contributed by atoms with Crippen molar-refractivity contribution in [2.75, 3.05) is 5.73 Å². The second kappa shape index (κ2) is 3.86. The van der Waals surface area contributed by atoms with E-state index in [9.17, 15) is 4.79 Å². The van der Waals surface area contributed by atoms with Gasteiger partial charge in [-0.15, -0.1) is 11.3 Å². The molecule has 0 aliphatic heterocycles. The van der Waals surface area contributed by atoms with Crippen LogP contribution in [0.15, 0.2) is 29.3 Å². The fourth-order valence-corrected chi connectivity index (χ4v) is 2.09. The van der Waals surface area contributed by atoms with Gasteiger partial charge in [0.25, 0.3) is 5.56 Å². The third-order valence-electron chi connectivity index (χ3n) is 2.02. The van der Waals surface area contributed by atoms with Crippen LogP contribution in [-0.4, -0.2) is 9.55 Å². The zero-order chi connectivity index (χ0) is 10.8. The minimum Gasteiger partial charge on any atom is -0.394 e. The Morgan fingerprint density at radius 2 is 2.40 bits per heavy atom. The number of aromatic nitrogens is 2. The quantitative estimate of drug-likeness (QED) is 0.830. The van der Waals surface area contributed by atoms with Gasteiger partial charge in [-0.05, 0) is 19.1 Å². The van der Waals surface area contributed by atoms with E-state index in [4.69, 9.17) is 5.73 Å². The zero-order valence-corrected chi connectivity index (χ0v) is 9.12. The lowest BCUT2D eigenvalue weighted by Crippen LogP contribution is -2.22. The molecule has 2 heterocycles. The van der Waals surface area contributed by atoms with Crippen molar-refractivity contribution in [3.8, 4) is 0 Å². The molecule has 0 saturated heterocycles. The van der Waals surface area contributed by atoms with Crippen molar-refractivity contribution in [3.63, 3.8) is 0 Å². The zero-order valence-electron chi connectivity index (χ0n) is 8.30. The van der Waals surface area contributed by atoms with Crippen LogP contribution in [0.3, 0.4) is 0 Å². The summed E-state index contributed by atoms with van der Waals surface area (Å²) in [5.74, 6) is 0. The summed E-state index contributed by atoms with van der Waals surface area (Å²) in [6, 6.07) is 3.36. The van der Waals surface area contributed by atoms with E-state index in [0.29, 0.717) is 6.54 Å². The number of nitrogen functional groups attached to an aromatic ring is 1. The van der Waals surface area contributed by atoms with Crippen molar-refractivity contribution >= 4 is 17.0 Å². The van der Waals surface area contributed by atoms with Crippen LogP contribution >= 0.6 is 11.3 Å². The Labute approximate surface area is 91.0 Å². The van der Waals surface area contributed by atoms with E-state index in [1.165, 1.54) is 0 Å². The molecule has 0 aliphatic rings. The number of anilines is 1. The summed E-state index contributed by atoms with van der Waals surface area (Å²) in [4.78, 5) is 16.9. The Hall–Kier alpha value is -1.62. The monoisotopic (exact) mass is 221 g/mol. The smallest absolute Gasteiger partial charge is 0.274 e. The van der Waals surface area contributed by atoms with Crippen molar-refractivity contribution in [1.29, 1.82) is 0 Å². The number of nitrogens with zero attached hydrogens (tertiary/aromatic N) is 2. The van der Waals surface area contributed by atoms with Crippen molar-refractivity contribution in [3.05, 3.63) is 44.8 Å². The standard InChI is InChI=1S/C10H11N3OS/c1-7-5-12-9(15-7)6-13-4-2-3-8(11)10(13)14/h2-5H,6,11H2,1H3. The predicted octanol–water partition coefficient (Wildman–Crippen LogP) is 1.24. The van der Waals surface area contributed by atoms with Gasteiger partial charge in [0.1, 0.15) is 5.01 Å². The van der Waals surface area contributed by atoms with Crippen LogP contribution < -0.4 is 11.3 Å². The first-order valence-corrected chi connectivity index (χ1v) is 5.34. The van der Waals surface area contributed by atoms with Crippen LogP contribution in [0.5, 0.6) is 0 Å². The first-order chi connectivity index (χ1) is 7.16. The normalized spacial score (nSPS) is 10.5. The van der Waals surface area contributed by atoms with Gasteiger partial charge in [0.15, 0.2) is 0 Å². The van der Waals surface area contributed by atoms with Crippen LogP contribution in [0.25, 0.3) is 0 Å². The highest BCUT2D eigenvalue weighted by atomic mass is 32.1. The van der Waals surface area contributed by atoms with Crippen LogP contribution in [0, 0.1) is 6.92 Å². The molecular formula is C10H11N3OS. The Kier molecular flexibility index (Phi) is 2.55. The fraction of sp³-hybridized carbons (Fsp3) is 0.200. The summed E-state index contributed by atoms with van der Waals surface area (Å²) in [5.41, 5.74) is 5.64. The van der Waals surface area contributed by atoms with Crippen molar-refractivity contribution < 1.29 is 0 Å². The third-order valence-corrected chi connectivity index (χ3v) is 2.92. The Bertz CT molecular complexity index is 529. The van der Waals surface area contributed by atoms with E-state index in [-0.39, 0.29) is 11.2 Å². The van der Waals surface area contributed by atoms with Gasteiger partial charge in [0, 0.05) is 17.3 Å². The lowest BCUT2D eigenvalue weighted by Gasteiger charge is -2.02. The number of rotatable bonds is 2. The van der Waals surface area contributed by atoms with Crippen LogP contribution in [0.4, 0.5) is 5.69 Å². The maximum absolute atomic E-state index is 11.6. The number of aryl methyl sites for hydroxylation is 1. The molecule has 2 rings (SSSR count). The molecule has 0 saturated carbocycles. The first kappa shape index (κ1) is 9.92. The highest BCUT2D eigenvalue weighted by Crippen LogP contribution is 2.11. The Morgan fingerprint density at radius 1 is 1.60 bits per heavy atom. The number of thiazole rings is 1. The second-order valence-electron chi connectivity index (χ2n) is 3.26. The van der Waals surface area contributed by atoms with Gasteiger partial charge in [-0.2, -0.15) is 0 Å². The van der Waals surface area contributed by atoms with Crippen LogP contribution in [0.1, 0.15) is 9.88 Å².